The van der Waals surface area contributed by atoms with E-state index in [0.717, 1.165) is 0 Å². The second-order valence-corrected chi connectivity index (χ2v) is 11.3. The van der Waals surface area contributed by atoms with E-state index in [2.05, 4.69) is 0 Å². The van der Waals surface area contributed by atoms with Gasteiger partial charge in [-0.2, -0.15) is 4.55 Å². The zero-order chi connectivity index (χ0) is 20.9. The summed E-state index contributed by atoms with van der Waals surface area (Å²) in [6, 6.07) is 10.4. The maximum Gasteiger partial charge on any atom is 0.264 e. The van der Waals surface area contributed by atoms with E-state index in [-0.39, 0.29) is 10.9 Å². The van der Waals surface area contributed by atoms with Gasteiger partial charge in [0.05, 0.1) is 15.6 Å². The standard InChI is InChI=1S/C19H23Cl3NO3S2/c1-3-27(24)12-4-5-14(2)23(19-13-16(21)8-11-18(19)22)28(25,26)17-9-6-15(20)7-10-17/h6-11,13-14,24H,3-5,12H2,1-2H3/q+1/t14-,27?/m1/s1. The molecule has 0 fully saturated rings. The Morgan fingerprint density at radius 1 is 1.07 bits per heavy atom. The van der Waals surface area contributed by atoms with Crippen LogP contribution in [0.5, 0.6) is 0 Å². The summed E-state index contributed by atoms with van der Waals surface area (Å²) < 4.78 is 38.0. The minimum absolute atomic E-state index is 0.121. The van der Waals surface area contributed by atoms with E-state index in [1.807, 2.05) is 13.8 Å². The van der Waals surface area contributed by atoms with Gasteiger partial charge in [0.25, 0.3) is 10.0 Å². The molecule has 0 amide bonds. The highest BCUT2D eigenvalue weighted by atomic mass is 35.5. The normalized spacial score (nSPS) is 13.9. The van der Waals surface area contributed by atoms with Gasteiger partial charge in [0.15, 0.2) is 0 Å². The van der Waals surface area contributed by atoms with Crippen molar-refractivity contribution in [2.24, 2.45) is 0 Å². The predicted molar refractivity (Wildman–Crippen MR) is 122 cm³/mol. The lowest BCUT2D eigenvalue weighted by Gasteiger charge is -2.31. The number of sulfonamides is 1. The van der Waals surface area contributed by atoms with Crippen molar-refractivity contribution in [2.45, 2.75) is 37.6 Å². The fourth-order valence-corrected chi connectivity index (χ4v) is 5.82. The van der Waals surface area contributed by atoms with Crippen LogP contribution in [0.4, 0.5) is 5.69 Å². The topological polar surface area (TPSA) is 57.6 Å². The Bertz CT molecular complexity index is 892. The molecule has 0 aliphatic carbocycles. The third-order valence-corrected chi connectivity index (χ3v) is 8.43. The molecule has 2 aromatic carbocycles. The van der Waals surface area contributed by atoms with Crippen molar-refractivity contribution in [1.29, 1.82) is 0 Å². The number of hydrogen-bond donors (Lipinski definition) is 1. The number of hydrogen-bond acceptors (Lipinski definition) is 3. The number of anilines is 1. The average Bonchev–Trinajstić information content (AvgIpc) is 2.64. The largest absolute Gasteiger partial charge is 0.264 e. The molecule has 0 saturated carbocycles. The summed E-state index contributed by atoms with van der Waals surface area (Å²) in [7, 11) is -3.89. The zero-order valence-corrected chi connectivity index (χ0v) is 19.5. The molecule has 0 saturated heterocycles. The summed E-state index contributed by atoms with van der Waals surface area (Å²) in [6.45, 7) is 3.75. The second-order valence-electron chi connectivity index (χ2n) is 6.30. The van der Waals surface area contributed by atoms with Gasteiger partial charge in [0.1, 0.15) is 22.7 Å². The van der Waals surface area contributed by atoms with Gasteiger partial charge in [-0.25, -0.2) is 8.42 Å². The minimum atomic E-state index is -3.89. The number of rotatable bonds is 9. The van der Waals surface area contributed by atoms with Gasteiger partial charge in [0, 0.05) is 16.1 Å². The maximum absolute atomic E-state index is 13.4. The molecule has 0 bridgehead atoms. The Morgan fingerprint density at radius 3 is 2.29 bits per heavy atom. The second kappa shape index (κ2) is 10.4. The monoisotopic (exact) mass is 482 g/mol. The van der Waals surface area contributed by atoms with Crippen LogP contribution in [0.3, 0.4) is 0 Å². The summed E-state index contributed by atoms with van der Waals surface area (Å²) in [4.78, 5) is 0.121. The molecule has 0 radical (unpaired) electrons. The van der Waals surface area contributed by atoms with Gasteiger partial charge in [0.2, 0.25) is 0 Å². The molecule has 0 spiro atoms. The van der Waals surface area contributed by atoms with Crippen molar-refractivity contribution in [2.75, 3.05) is 15.8 Å². The van der Waals surface area contributed by atoms with Gasteiger partial charge >= 0.3 is 0 Å². The Labute approximate surface area is 185 Å². The molecule has 1 N–H and O–H groups in total. The lowest BCUT2D eigenvalue weighted by atomic mass is 10.2. The summed E-state index contributed by atoms with van der Waals surface area (Å²) in [5.41, 5.74) is 0.329. The SMILES string of the molecule is CC[S+](O)CCC[C@@H](C)N(c1cc(Cl)ccc1Cl)S(=O)(=O)c1ccc(Cl)cc1. The van der Waals surface area contributed by atoms with Crippen LogP contribution >= 0.6 is 34.8 Å². The summed E-state index contributed by atoms with van der Waals surface area (Å²) >= 11 is 17.7. The number of nitrogens with zero attached hydrogens (tertiary/aromatic N) is 1. The first-order chi connectivity index (χ1) is 13.2. The third-order valence-electron chi connectivity index (χ3n) is 4.25. The van der Waals surface area contributed by atoms with E-state index in [1.165, 1.54) is 28.6 Å². The van der Waals surface area contributed by atoms with Crippen molar-refractivity contribution in [3.8, 4) is 0 Å². The fraction of sp³-hybridized carbons (Fsp3) is 0.368. The highest BCUT2D eigenvalue weighted by molar-refractivity contribution is 7.93. The van der Waals surface area contributed by atoms with Crippen molar-refractivity contribution in [1.82, 2.24) is 0 Å². The van der Waals surface area contributed by atoms with E-state index in [4.69, 9.17) is 34.8 Å². The summed E-state index contributed by atoms with van der Waals surface area (Å²) in [6.07, 6.45) is 1.26. The molecular weight excluding hydrogens is 461 g/mol. The molecular formula is C19H23Cl3NO3S2+. The molecule has 2 rings (SSSR count). The Morgan fingerprint density at radius 2 is 1.68 bits per heavy atom. The number of benzene rings is 2. The van der Waals surface area contributed by atoms with Crippen LogP contribution in [0.15, 0.2) is 47.4 Å². The van der Waals surface area contributed by atoms with Crippen molar-refractivity contribution >= 4 is 61.7 Å². The van der Waals surface area contributed by atoms with Gasteiger partial charge in [-0.15, -0.1) is 0 Å². The molecule has 2 atom stereocenters. The van der Waals surface area contributed by atoms with Gasteiger partial charge in [-0.05, 0) is 69.2 Å². The number of halogens is 3. The minimum Gasteiger partial charge on any atom is -0.262 e. The van der Waals surface area contributed by atoms with Gasteiger partial charge < -0.3 is 0 Å². The zero-order valence-electron chi connectivity index (χ0n) is 15.6. The highest BCUT2D eigenvalue weighted by Crippen LogP contribution is 2.35. The third kappa shape index (κ3) is 5.94. The van der Waals surface area contributed by atoms with Crippen molar-refractivity contribution in [3.05, 3.63) is 57.5 Å². The Kier molecular flexibility index (Phi) is 8.80. The van der Waals surface area contributed by atoms with E-state index in [1.54, 1.807) is 18.2 Å². The Balaban J connectivity index is 2.43. The van der Waals surface area contributed by atoms with Crippen LogP contribution in [0, 0.1) is 0 Å². The Hall–Kier alpha value is -0.630. The van der Waals surface area contributed by atoms with Crippen LogP contribution < -0.4 is 4.31 Å². The van der Waals surface area contributed by atoms with Crippen LogP contribution in [-0.2, 0) is 21.2 Å². The summed E-state index contributed by atoms with van der Waals surface area (Å²) in [5.74, 6) is 1.33. The molecule has 0 aliphatic heterocycles. The molecule has 0 aliphatic rings. The quantitative estimate of drug-likeness (QED) is 0.437. The molecule has 28 heavy (non-hydrogen) atoms. The highest BCUT2D eigenvalue weighted by Gasteiger charge is 2.31. The van der Waals surface area contributed by atoms with E-state index in [9.17, 15) is 13.0 Å². The lowest BCUT2D eigenvalue weighted by molar-refractivity contribution is 0.568. The van der Waals surface area contributed by atoms with E-state index < -0.39 is 21.2 Å². The molecule has 0 heterocycles. The lowest BCUT2D eigenvalue weighted by Crippen LogP contribution is -2.39. The average molecular weight is 484 g/mol. The first kappa shape index (κ1) is 23.6. The molecule has 0 aromatic heterocycles. The first-order valence-electron chi connectivity index (χ1n) is 8.78. The van der Waals surface area contributed by atoms with Crippen LogP contribution in [-0.4, -0.2) is 30.5 Å². The fourth-order valence-electron chi connectivity index (χ4n) is 2.79. The van der Waals surface area contributed by atoms with Crippen molar-refractivity contribution < 1.29 is 13.0 Å². The maximum atomic E-state index is 13.4. The van der Waals surface area contributed by atoms with Crippen molar-refractivity contribution in [3.63, 3.8) is 0 Å². The van der Waals surface area contributed by atoms with Crippen LogP contribution in [0.25, 0.3) is 0 Å². The van der Waals surface area contributed by atoms with Gasteiger partial charge in [-0.1, -0.05) is 34.8 Å². The molecule has 1 unspecified atom stereocenters. The van der Waals surface area contributed by atoms with Crippen LogP contribution in [0.1, 0.15) is 26.7 Å². The molecule has 2 aromatic rings. The predicted octanol–water partition coefficient (Wildman–Crippen LogP) is 6.12. The first-order valence-corrected chi connectivity index (χ1v) is 12.9. The molecule has 4 nitrogen and oxygen atoms in total. The van der Waals surface area contributed by atoms with Gasteiger partial charge in [-0.3, -0.25) is 4.31 Å². The van der Waals surface area contributed by atoms with E-state index in [0.29, 0.717) is 45.1 Å². The summed E-state index contributed by atoms with van der Waals surface area (Å²) in [5, 5.41) is 1.14. The van der Waals surface area contributed by atoms with Crippen LogP contribution in [0.2, 0.25) is 15.1 Å². The van der Waals surface area contributed by atoms with E-state index >= 15 is 0 Å². The molecule has 154 valence electrons. The smallest absolute Gasteiger partial charge is 0.262 e. The molecule has 9 heteroatoms.